The summed E-state index contributed by atoms with van der Waals surface area (Å²) in [6, 6.07) is 0. The number of nitrogens with one attached hydrogen (secondary N) is 3. The molecule has 0 aromatic carbocycles. The number of amides is 1. The van der Waals surface area contributed by atoms with Gasteiger partial charge >= 0.3 is 0 Å². The lowest BCUT2D eigenvalue weighted by Crippen LogP contribution is -2.34. The van der Waals surface area contributed by atoms with Crippen LogP contribution in [0.1, 0.15) is 35.1 Å². The van der Waals surface area contributed by atoms with E-state index in [4.69, 9.17) is 0 Å². The molecule has 0 radical (unpaired) electrons. The third-order valence-electron chi connectivity index (χ3n) is 3.71. The SMILES string of the molecule is CCN(CCCNC(=O)c1n[nH]c2c1CNCC2)S(C)(=O)=O. The number of hydrogen-bond donors (Lipinski definition) is 3. The molecule has 0 bridgehead atoms. The Hall–Kier alpha value is -1.45. The van der Waals surface area contributed by atoms with Crippen LogP contribution in [0.4, 0.5) is 0 Å². The third-order valence-corrected chi connectivity index (χ3v) is 5.09. The van der Waals surface area contributed by atoms with Gasteiger partial charge in [-0.2, -0.15) is 5.10 Å². The first kappa shape index (κ1) is 16.9. The van der Waals surface area contributed by atoms with Gasteiger partial charge in [-0.1, -0.05) is 6.92 Å². The van der Waals surface area contributed by atoms with Crippen molar-refractivity contribution in [3.63, 3.8) is 0 Å². The van der Waals surface area contributed by atoms with Crippen LogP contribution in [0, 0.1) is 0 Å². The van der Waals surface area contributed by atoms with Crippen LogP contribution >= 0.6 is 0 Å². The number of carbonyl (C=O) groups is 1. The van der Waals surface area contributed by atoms with Gasteiger partial charge in [0.2, 0.25) is 10.0 Å². The smallest absolute Gasteiger partial charge is 0.272 e. The monoisotopic (exact) mass is 329 g/mol. The zero-order chi connectivity index (χ0) is 16.2. The first-order valence-corrected chi connectivity index (χ1v) is 9.28. The molecule has 1 aromatic heterocycles. The second kappa shape index (κ2) is 7.21. The highest BCUT2D eigenvalue weighted by Gasteiger charge is 2.21. The van der Waals surface area contributed by atoms with Crippen LogP contribution in [0.5, 0.6) is 0 Å². The molecule has 0 atom stereocenters. The summed E-state index contributed by atoms with van der Waals surface area (Å²) in [5.41, 5.74) is 2.37. The number of aromatic amines is 1. The van der Waals surface area contributed by atoms with E-state index in [2.05, 4.69) is 20.8 Å². The quantitative estimate of drug-likeness (QED) is 0.582. The van der Waals surface area contributed by atoms with Crippen molar-refractivity contribution in [2.45, 2.75) is 26.3 Å². The minimum Gasteiger partial charge on any atom is -0.351 e. The van der Waals surface area contributed by atoms with Gasteiger partial charge in [0.05, 0.1) is 6.26 Å². The van der Waals surface area contributed by atoms with Crippen LogP contribution in [0.15, 0.2) is 0 Å². The summed E-state index contributed by atoms with van der Waals surface area (Å²) in [6.07, 6.45) is 2.60. The van der Waals surface area contributed by atoms with E-state index in [1.165, 1.54) is 10.6 Å². The third kappa shape index (κ3) is 4.05. The standard InChI is InChI=1S/C13H23N5O3S/c1-3-18(22(2,20)21)8-4-6-15-13(19)12-10-9-14-7-5-11(10)16-17-12/h14H,3-9H2,1-2H3,(H,15,19)(H,16,17). The Balaban J connectivity index is 1.82. The zero-order valence-electron chi connectivity index (χ0n) is 13.0. The van der Waals surface area contributed by atoms with Crippen LogP contribution in [0.3, 0.4) is 0 Å². The first-order valence-electron chi connectivity index (χ1n) is 7.43. The van der Waals surface area contributed by atoms with Gasteiger partial charge in [0.1, 0.15) is 0 Å². The number of rotatable bonds is 7. The maximum atomic E-state index is 12.1. The normalized spacial score (nSPS) is 14.9. The number of H-pyrrole nitrogens is 1. The van der Waals surface area contributed by atoms with Crippen molar-refractivity contribution >= 4 is 15.9 Å². The van der Waals surface area contributed by atoms with Gasteiger partial charge in [-0.15, -0.1) is 0 Å². The molecule has 9 heteroatoms. The number of hydrogen-bond acceptors (Lipinski definition) is 5. The number of carbonyl (C=O) groups excluding carboxylic acids is 1. The fourth-order valence-corrected chi connectivity index (χ4v) is 3.44. The Morgan fingerprint density at radius 1 is 1.45 bits per heavy atom. The Morgan fingerprint density at radius 3 is 2.91 bits per heavy atom. The molecular formula is C13H23N5O3S. The van der Waals surface area contributed by atoms with E-state index in [0.717, 1.165) is 24.2 Å². The van der Waals surface area contributed by atoms with E-state index in [1.54, 1.807) is 6.92 Å². The highest BCUT2D eigenvalue weighted by atomic mass is 32.2. The minimum atomic E-state index is -3.18. The molecule has 0 saturated heterocycles. The van der Waals surface area contributed by atoms with Gasteiger partial charge < -0.3 is 10.6 Å². The van der Waals surface area contributed by atoms with Crippen molar-refractivity contribution < 1.29 is 13.2 Å². The number of nitrogens with zero attached hydrogens (tertiary/aromatic N) is 2. The highest BCUT2D eigenvalue weighted by Crippen LogP contribution is 2.14. The predicted octanol–water partition coefficient (Wildman–Crippen LogP) is -0.543. The van der Waals surface area contributed by atoms with E-state index >= 15 is 0 Å². The molecule has 8 nitrogen and oxygen atoms in total. The molecule has 0 saturated carbocycles. The molecule has 3 N–H and O–H groups in total. The minimum absolute atomic E-state index is 0.219. The molecule has 1 aliphatic heterocycles. The Bertz CT molecular complexity index is 626. The van der Waals surface area contributed by atoms with Gasteiger partial charge in [0, 0.05) is 50.4 Å². The molecule has 2 heterocycles. The highest BCUT2D eigenvalue weighted by molar-refractivity contribution is 7.88. The average Bonchev–Trinajstić information content (AvgIpc) is 2.89. The maximum Gasteiger partial charge on any atom is 0.272 e. The lowest BCUT2D eigenvalue weighted by atomic mass is 10.1. The van der Waals surface area contributed by atoms with Crippen LogP contribution in [0.25, 0.3) is 0 Å². The number of fused-ring (bicyclic) bond motifs is 1. The number of sulfonamides is 1. The Labute approximate surface area is 130 Å². The number of aromatic nitrogens is 2. The van der Waals surface area contributed by atoms with E-state index in [1.807, 2.05) is 0 Å². The van der Waals surface area contributed by atoms with Crippen LogP contribution in [-0.4, -0.2) is 61.3 Å². The molecule has 2 rings (SSSR count). The molecule has 1 amide bonds. The molecule has 22 heavy (non-hydrogen) atoms. The molecule has 0 unspecified atom stereocenters. The van der Waals surface area contributed by atoms with Gasteiger partial charge in [-0.05, 0) is 6.42 Å². The molecule has 124 valence electrons. The summed E-state index contributed by atoms with van der Waals surface area (Å²) in [5, 5.41) is 13.0. The maximum absolute atomic E-state index is 12.1. The van der Waals surface area contributed by atoms with Crippen LogP contribution < -0.4 is 10.6 Å². The van der Waals surface area contributed by atoms with Gasteiger partial charge in [0.25, 0.3) is 5.91 Å². The van der Waals surface area contributed by atoms with Crippen molar-refractivity contribution in [1.82, 2.24) is 25.1 Å². The summed E-state index contributed by atoms with van der Waals surface area (Å²) >= 11 is 0. The van der Waals surface area contributed by atoms with E-state index < -0.39 is 10.0 Å². The zero-order valence-corrected chi connectivity index (χ0v) is 13.8. The summed E-state index contributed by atoms with van der Waals surface area (Å²) < 4.78 is 24.3. The van der Waals surface area contributed by atoms with Crippen molar-refractivity contribution in [3.05, 3.63) is 17.0 Å². The van der Waals surface area contributed by atoms with Gasteiger partial charge in [0.15, 0.2) is 5.69 Å². The molecular weight excluding hydrogens is 306 g/mol. The topological polar surface area (TPSA) is 107 Å². The van der Waals surface area contributed by atoms with E-state index in [-0.39, 0.29) is 5.91 Å². The molecule has 0 aliphatic carbocycles. The fraction of sp³-hybridized carbons (Fsp3) is 0.692. The molecule has 0 fully saturated rings. The van der Waals surface area contributed by atoms with Crippen molar-refractivity contribution in [3.8, 4) is 0 Å². The van der Waals surface area contributed by atoms with Crippen LogP contribution in [-0.2, 0) is 23.0 Å². The second-order valence-electron chi connectivity index (χ2n) is 5.32. The first-order chi connectivity index (χ1) is 10.4. The molecule has 0 spiro atoms. The average molecular weight is 329 g/mol. The fourth-order valence-electron chi connectivity index (χ4n) is 2.51. The molecule has 1 aliphatic rings. The second-order valence-corrected chi connectivity index (χ2v) is 7.30. The van der Waals surface area contributed by atoms with Crippen molar-refractivity contribution in [2.75, 3.05) is 32.4 Å². The Kier molecular flexibility index (Phi) is 5.54. The van der Waals surface area contributed by atoms with Crippen molar-refractivity contribution in [1.29, 1.82) is 0 Å². The van der Waals surface area contributed by atoms with Crippen molar-refractivity contribution in [2.24, 2.45) is 0 Å². The van der Waals surface area contributed by atoms with Gasteiger partial charge in [-0.25, -0.2) is 12.7 Å². The predicted molar refractivity (Wildman–Crippen MR) is 83.0 cm³/mol. The summed E-state index contributed by atoms with van der Waals surface area (Å²) in [4.78, 5) is 12.1. The largest absolute Gasteiger partial charge is 0.351 e. The summed E-state index contributed by atoms with van der Waals surface area (Å²) in [5.74, 6) is -0.219. The summed E-state index contributed by atoms with van der Waals surface area (Å²) in [7, 11) is -3.18. The Morgan fingerprint density at radius 2 is 2.23 bits per heavy atom. The lowest BCUT2D eigenvalue weighted by molar-refractivity contribution is 0.0946. The lowest BCUT2D eigenvalue weighted by Gasteiger charge is -2.17. The summed E-state index contributed by atoms with van der Waals surface area (Å²) in [6.45, 7) is 4.57. The molecule has 1 aromatic rings. The van der Waals surface area contributed by atoms with E-state index in [9.17, 15) is 13.2 Å². The van der Waals surface area contributed by atoms with Gasteiger partial charge in [-0.3, -0.25) is 9.89 Å². The van der Waals surface area contributed by atoms with E-state index in [0.29, 0.717) is 38.3 Å². The van der Waals surface area contributed by atoms with Crippen LogP contribution in [0.2, 0.25) is 0 Å².